The van der Waals surface area contributed by atoms with Crippen molar-refractivity contribution in [2.75, 3.05) is 5.32 Å². The van der Waals surface area contributed by atoms with Gasteiger partial charge < -0.3 is 5.32 Å². The first-order valence-electron chi connectivity index (χ1n) is 5.57. The van der Waals surface area contributed by atoms with Gasteiger partial charge in [0.15, 0.2) is 5.13 Å². The second-order valence-corrected chi connectivity index (χ2v) is 7.64. The Labute approximate surface area is 125 Å². The minimum absolute atomic E-state index is 0.0483. The maximum Gasteiger partial charge on any atom is 0.261 e. The van der Waals surface area contributed by atoms with Gasteiger partial charge in [-0.3, -0.25) is 4.79 Å². The van der Waals surface area contributed by atoms with E-state index in [2.05, 4.69) is 10.3 Å². The normalized spacial score (nSPS) is 11.3. The number of rotatable bonds is 3. The molecular weight excluding hydrogens is 320 g/mol. The van der Waals surface area contributed by atoms with Crippen LogP contribution in [0.5, 0.6) is 0 Å². The van der Waals surface area contributed by atoms with E-state index in [9.17, 15) is 13.2 Å². The van der Waals surface area contributed by atoms with Gasteiger partial charge in [-0.1, -0.05) is 23.5 Å². The fourth-order valence-electron chi connectivity index (χ4n) is 1.64. The van der Waals surface area contributed by atoms with Gasteiger partial charge in [-0.25, -0.2) is 13.4 Å². The van der Waals surface area contributed by atoms with E-state index in [1.54, 1.807) is 12.1 Å². The van der Waals surface area contributed by atoms with E-state index in [1.807, 2.05) is 6.92 Å². The van der Waals surface area contributed by atoms with E-state index in [4.69, 9.17) is 10.7 Å². The molecule has 0 aliphatic rings. The number of hydrogen-bond acceptors (Lipinski definition) is 5. The lowest BCUT2D eigenvalue weighted by atomic mass is 10.2. The molecule has 0 aliphatic heterocycles. The zero-order chi connectivity index (χ0) is 14.9. The number of carbonyl (C=O) groups excluding carboxylic acids is 1. The number of anilines is 1. The summed E-state index contributed by atoms with van der Waals surface area (Å²) < 4.78 is 22.4. The quantitative estimate of drug-likeness (QED) is 0.878. The van der Waals surface area contributed by atoms with Crippen LogP contribution in [0.15, 0.2) is 29.2 Å². The molecule has 0 aliphatic carbocycles. The Morgan fingerprint density at radius 3 is 2.40 bits per heavy atom. The highest BCUT2D eigenvalue weighted by Crippen LogP contribution is 2.33. The predicted octanol–water partition coefficient (Wildman–Crippen LogP) is 3.00. The van der Waals surface area contributed by atoms with E-state index in [0.29, 0.717) is 5.13 Å². The first-order valence-corrected chi connectivity index (χ1v) is 8.70. The van der Waals surface area contributed by atoms with Crippen LogP contribution in [0.25, 0.3) is 10.4 Å². The molecule has 0 radical (unpaired) electrons. The van der Waals surface area contributed by atoms with Crippen molar-refractivity contribution in [1.29, 1.82) is 0 Å². The van der Waals surface area contributed by atoms with Crippen LogP contribution in [0, 0.1) is 6.92 Å². The third-order valence-corrected chi connectivity index (χ3v) is 4.97. The molecule has 0 saturated heterocycles. The van der Waals surface area contributed by atoms with Crippen molar-refractivity contribution in [3.8, 4) is 10.4 Å². The first kappa shape index (κ1) is 15.0. The van der Waals surface area contributed by atoms with Crippen molar-refractivity contribution < 1.29 is 13.2 Å². The van der Waals surface area contributed by atoms with Gasteiger partial charge in [0, 0.05) is 17.6 Å². The first-order chi connectivity index (χ1) is 9.27. The van der Waals surface area contributed by atoms with E-state index in [1.165, 1.54) is 30.4 Å². The lowest BCUT2D eigenvalue weighted by Crippen LogP contribution is -2.04. The SMILES string of the molecule is CC(=O)Nc1nc(C)c(-c2ccc(S(=O)(=O)Cl)cc2)s1. The van der Waals surface area contributed by atoms with Gasteiger partial charge >= 0.3 is 0 Å². The monoisotopic (exact) mass is 330 g/mol. The van der Waals surface area contributed by atoms with E-state index < -0.39 is 9.05 Å². The predicted molar refractivity (Wildman–Crippen MR) is 79.6 cm³/mol. The Balaban J connectivity index is 2.37. The number of hydrogen-bond donors (Lipinski definition) is 1. The van der Waals surface area contributed by atoms with E-state index in [-0.39, 0.29) is 10.8 Å². The number of nitrogens with one attached hydrogen (secondary N) is 1. The van der Waals surface area contributed by atoms with Crippen LogP contribution < -0.4 is 5.32 Å². The second-order valence-electron chi connectivity index (χ2n) is 4.08. The molecule has 1 N–H and O–H groups in total. The Bertz CT molecular complexity index is 752. The van der Waals surface area contributed by atoms with Crippen LogP contribution in [0.1, 0.15) is 12.6 Å². The molecular formula is C12H11ClN2O3S2. The Kier molecular flexibility index (Phi) is 4.12. The van der Waals surface area contributed by atoms with E-state index >= 15 is 0 Å². The standard InChI is InChI=1S/C12H11ClN2O3S2/c1-7-11(19-12(14-7)15-8(2)16)9-3-5-10(6-4-9)20(13,17)18/h3-6H,1-2H3,(H,14,15,16). The highest BCUT2D eigenvalue weighted by atomic mass is 35.7. The molecule has 0 spiro atoms. The maximum atomic E-state index is 11.2. The van der Waals surface area contributed by atoms with Crippen LogP contribution in [0.4, 0.5) is 5.13 Å². The van der Waals surface area contributed by atoms with Crippen LogP contribution in [0.2, 0.25) is 0 Å². The van der Waals surface area contributed by atoms with Crippen LogP contribution in [-0.2, 0) is 13.8 Å². The molecule has 5 nitrogen and oxygen atoms in total. The van der Waals surface area contributed by atoms with Crippen molar-refractivity contribution in [2.45, 2.75) is 18.7 Å². The van der Waals surface area contributed by atoms with Crippen molar-refractivity contribution in [3.63, 3.8) is 0 Å². The zero-order valence-corrected chi connectivity index (χ0v) is 13.1. The third kappa shape index (κ3) is 3.36. The number of benzene rings is 1. The molecule has 0 unspecified atom stereocenters. The van der Waals surface area contributed by atoms with Gasteiger partial charge in [0.05, 0.1) is 15.5 Å². The lowest BCUT2D eigenvalue weighted by Gasteiger charge is -2.00. The number of thiazole rings is 1. The number of aromatic nitrogens is 1. The molecule has 1 aromatic heterocycles. The van der Waals surface area contributed by atoms with Gasteiger partial charge in [-0.15, -0.1) is 0 Å². The molecule has 1 amide bonds. The summed E-state index contributed by atoms with van der Waals surface area (Å²) in [4.78, 5) is 16.2. The molecule has 0 bridgehead atoms. The van der Waals surface area contributed by atoms with Crippen molar-refractivity contribution in [1.82, 2.24) is 4.98 Å². The number of halogens is 1. The second kappa shape index (κ2) is 5.51. The molecule has 8 heteroatoms. The summed E-state index contributed by atoms with van der Waals surface area (Å²) in [6.45, 7) is 3.24. The Morgan fingerprint density at radius 2 is 1.90 bits per heavy atom. The molecule has 0 atom stereocenters. The fraction of sp³-hybridized carbons (Fsp3) is 0.167. The molecule has 2 aromatic rings. The molecule has 20 heavy (non-hydrogen) atoms. The topological polar surface area (TPSA) is 76.1 Å². The molecule has 106 valence electrons. The number of aryl methyl sites for hydroxylation is 1. The summed E-state index contributed by atoms with van der Waals surface area (Å²) in [5.41, 5.74) is 1.58. The molecule has 1 aromatic carbocycles. The van der Waals surface area contributed by atoms with Crippen molar-refractivity contribution in [3.05, 3.63) is 30.0 Å². The smallest absolute Gasteiger partial charge is 0.261 e. The van der Waals surface area contributed by atoms with Gasteiger partial charge in [-0.2, -0.15) is 0 Å². The number of nitrogens with zero attached hydrogens (tertiary/aromatic N) is 1. The van der Waals surface area contributed by atoms with Crippen LogP contribution in [0.3, 0.4) is 0 Å². The Hall–Kier alpha value is -1.44. The largest absolute Gasteiger partial charge is 0.302 e. The zero-order valence-electron chi connectivity index (χ0n) is 10.7. The Morgan fingerprint density at radius 1 is 1.30 bits per heavy atom. The van der Waals surface area contributed by atoms with E-state index in [0.717, 1.165) is 16.1 Å². The average Bonchev–Trinajstić information content (AvgIpc) is 2.68. The average molecular weight is 331 g/mol. The minimum atomic E-state index is -3.72. The summed E-state index contributed by atoms with van der Waals surface area (Å²) >= 11 is 1.33. The summed E-state index contributed by atoms with van der Waals surface area (Å²) in [5.74, 6) is -0.186. The minimum Gasteiger partial charge on any atom is -0.302 e. The molecule has 0 fully saturated rings. The highest BCUT2D eigenvalue weighted by Gasteiger charge is 2.13. The molecule has 2 rings (SSSR count). The number of carbonyl (C=O) groups is 1. The van der Waals surface area contributed by atoms with Gasteiger partial charge in [-0.05, 0) is 24.6 Å². The van der Waals surface area contributed by atoms with Gasteiger partial charge in [0.25, 0.3) is 9.05 Å². The lowest BCUT2D eigenvalue weighted by molar-refractivity contribution is -0.114. The highest BCUT2D eigenvalue weighted by molar-refractivity contribution is 8.13. The summed E-state index contributed by atoms with van der Waals surface area (Å²) in [6.07, 6.45) is 0. The maximum absolute atomic E-state index is 11.2. The third-order valence-electron chi connectivity index (χ3n) is 2.48. The summed E-state index contributed by atoms with van der Waals surface area (Å²) in [5, 5.41) is 3.14. The van der Waals surface area contributed by atoms with Crippen LogP contribution >= 0.6 is 22.0 Å². The molecule has 0 saturated carbocycles. The number of amides is 1. The molecule has 1 heterocycles. The fourth-order valence-corrected chi connectivity index (χ4v) is 3.42. The van der Waals surface area contributed by atoms with Gasteiger partial charge in [0.2, 0.25) is 5.91 Å². The summed E-state index contributed by atoms with van der Waals surface area (Å²) in [7, 11) is 1.54. The van der Waals surface area contributed by atoms with Crippen molar-refractivity contribution in [2.24, 2.45) is 0 Å². The van der Waals surface area contributed by atoms with Crippen LogP contribution in [-0.4, -0.2) is 19.3 Å². The van der Waals surface area contributed by atoms with Gasteiger partial charge in [0.1, 0.15) is 0 Å². The van der Waals surface area contributed by atoms with Crippen molar-refractivity contribution >= 4 is 42.1 Å². The summed E-state index contributed by atoms with van der Waals surface area (Å²) in [6, 6.07) is 6.20.